The number of benzene rings is 1. The van der Waals surface area contributed by atoms with Crippen LogP contribution in [0.5, 0.6) is 5.75 Å². The molecule has 0 fully saturated rings. The van der Waals surface area contributed by atoms with E-state index in [4.69, 9.17) is 21.1 Å². The molecule has 0 bridgehead atoms. The predicted molar refractivity (Wildman–Crippen MR) is 99.0 cm³/mol. The van der Waals surface area contributed by atoms with E-state index in [1.165, 1.54) is 13.2 Å². The smallest absolute Gasteiger partial charge is 0.274 e. The van der Waals surface area contributed by atoms with E-state index in [-0.39, 0.29) is 17.3 Å². The van der Waals surface area contributed by atoms with Crippen LogP contribution < -0.4 is 15.4 Å². The second-order valence-corrected chi connectivity index (χ2v) is 5.72. The number of amides is 2. The van der Waals surface area contributed by atoms with Crippen LogP contribution in [0.15, 0.2) is 36.4 Å². The highest BCUT2D eigenvalue weighted by Crippen LogP contribution is 2.27. The largest absolute Gasteiger partial charge is 0.495 e. The van der Waals surface area contributed by atoms with E-state index >= 15 is 0 Å². The molecule has 2 amide bonds. The summed E-state index contributed by atoms with van der Waals surface area (Å²) in [6.45, 7) is 1.02. The van der Waals surface area contributed by atoms with Gasteiger partial charge in [-0.25, -0.2) is 4.98 Å². The minimum Gasteiger partial charge on any atom is -0.495 e. The third kappa shape index (κ3) is 5.44. The van der Waals surface area contributed by atoms with Gasteiger partial charge in [0.05, 0.1) is 12.1 Å². The van der Waals surface area contributed by atoms with E-state index < -0.39 is 5.91 Å². The Morgan fingerprint density at radius 3 is 2.50 bits per heavy atom. The van der Waals surface area contributed by atoms with E-state index in [9.17, 15) is 9.59 Å². The maximum Gasteiger partial charge on any atom is 0.274 e. The topological polar surface area (TPSA) is 89.5 Å². The van der Waals surface area contributed by atoms with E-state index in [0.717, 1.165) is 0 Å². The molecule has 7 nitrogen and oxygen atoms in total. The highest BCUT2D eigenvalue weighted by molar-refractivity contribution is 6.32. The second-order valence-electron chi connectivity index (χ2n) is 5.31. The number of hydrogen-bond acceptors (Lipinski definition) is 5. The van der Waals surface area contributed by atoms with E-state index in [1.54, 1.807) is 37.4 Å². The Morgan fingerprint density at radius 2 is 1.85 bits per heavy atom. The lowest BCUT2D eigenvalue weighted by molar-refractivity contribution is 0.0943. The molecule has 0 spiro atoms. The van der Waals surface area contributed by atoms with Crippen LogP contribution in [-0.2, 0) is 4.74 Å². The van der Waals surface area contributed by atoms with Gasteiger partial charge < -0.3 is 20.1 Å². The zero-order valence-corrected chi connectivity index (χ0v) is 15.3. The van der Waals surface area contributed by atoms with Crippen molar-refractivity contribution in [2.45, 2.75) is 6.42 Å². The molecule has 0 saturated heterocycles. The number of ether oxygens (including phenoxy) is 2. The Kier molecular flexibility index (Phi) is 7.37. The van der Waals surface area contributed by atoms with Gasteiger partial charge in [0, 0.05) is 25.9 Å². The number of carbonyl (C=O) groups excluding carboxylic acids is 2. The first-order valence-electron chi connectivity index (χ1n) is 7.94. The highest BCUT2D eigenvalue weighted by Gasteiger charge is 2.13. The number of anilines is 1. The van der Waals surface area contributed by atoms with Gasteiger partial charge in [-0.05, 0) is 36.8 Å². The first kappa shape index (κ1) is 19.7. The van der Waals surface area contributed by atoms with Crippen molar-refractivity contribution >= 4 is 29.1 Å². The second kappa shape index (κ2) is 9.74. The Morgan fingerprint density at radius 1 is 1.12 bits per heavy atom. The zero-order chi connectivity index (χ0) is 18.9. The number of carbonyl (C=O) groups is 2. The number of nitrogens with one attached hydrogen (secondary N) is 2. The molecule has 8 heteroatoms. The van der Waals surface area contributed by atoms with Crippen molar-refractivity contribution in [2.24, 2.45) is 0 Å². The summed E-state index contributed by atoms with van der Waals surface area (Å²) in [5.41, 5.74) is 0.793. The van der Waals surface area contributed by atoms with Crippen LogP contribution in [0.2, 0.25) is 5.02 Å². The summed E-state index contributed by atoms with van der Waals surface area (Å²) in [6, 6.07) is 9.57. The number of nitrogens with zero attached hydrogens (tertiary/aromatic N) is 1. The van der Waals surface area contributed by atoms with Crippen molar-refractivity contribution in [3.05, 3.63) is 52.8 Å². The van der Waals surface area contributed by atoms with Crippen LogP contribution in [0.1, 0.15) is 27.4 Å². The summed E-state index contributed by atoms with van der Waals surface area (Å²) < 4.78 is 9.99. The molecule has 2 rings (SSSR count). The van der Waals surface area contributed by atoms with Gasteiger partial charge in [0.2, 0.25) is 0 Å². The van der Waals surface area contributed by atoms with Crippen LogP contribution in [0.3, 0.4) is 0 Å². The van der Waals surface area contributed by atoms with E-state index in [2.05, 4.69) is 15.6 Å². The molecule has 1 heterocycles. The molecule has 26 heavy (non-hydrogen) atoms. The molecule has 2 N–H and O–H groups in total. The van der Waals surface area contributed by atoms with Crippen molar-refractivity contribution in [3.8, 4) is 5.75 Å². The molecule has 0 aliphatic rings. The summed E-state index contributed by atoms with van der Waals surface area (Å²) in [4.78, 5) is 28.5. The predicted octanol–water partition coefficient (Wildman–Crippen LogP) is 2.76. The maximum atomic E-state index is 12.4. The molecule has 1 aromatic heterocycles. The highest BCUT2D eigenvalue weighted by atomic mass is 35.5. The van der Waals surface area contributed by atoms with Crippen molar-refractivity contribution in [1.29, 1.82) is 0 Å². The number of pyridine rings is 1. The molecule has 0 aliphatic heterocycles. The average molecular weight is 378 g/mol. The van der Waals surface area contributed by atoms with Gasteiger partial charge in [0.1, 0.15) is 17.1 Å². The fourth-order valence-corrected chi connectivity index (χ4v) is 2.39. The van der Waals surface area contributed by atoms with Crippen molar-refractivity contribution in [1.82, 2.24) is 10.3 Å². The standard InChI is InChI=1S/C18H20ClN3O4/c1-25-10-4-9-20-17(23)14-5-3-6-15(22-14)18(24)21-12-7-8-16(26-2)13(19)11-12/h3,5-8,11H,4,9-10H2,1-2H3,(H,20,23)(H,21,24). The molecular formula is C18H20ClN3O4. The zero-order valence-electron chi connectivity index (χ0n) is 14.5. The maximum absolute atomic E-state index is 12.4. The molecule has 0 aliphatic carbocycles. The van der Waals surface area contributed by atoms with Crippen LogP contribution in [0.25, 0.3) is 0 Å². The molecular weight excluding hydrogens is 358 g/mol. The van der Waals surface area contributed by atoms with Gasteiger partial charge in [0.25, 0.3) is 11.8 Å². The number of hydrogen-bond donors (Lipinski definition) is 2. The molecule has 0 atom stereocenters. The summed E-state index contributed by atoms with van der Waals surface area (Å²) in [7, 11) is 3.11. The van der Waals surface area contributed by atoms with E-state index in [1.807, 2.05) is 0 Å². The summed E-state index contributed by atoms with van der Waals surface area (Å²) in [6.07, 6.45) is 0.695. The molecule has 2 aromatic rings. The van der Waals surface area contributed by atoms with Gasteiger partial charge in [-0.3, -0.25) is 9.59 Å². The fraction of sp³-hybridized carbons (Fsp3) is 0.278. The Bertz CT molecular complexity index is 783. The van der Waals surface area contributed by atoms with Crippen LogP contribution in [0, 0.1) is 0 Å². The Hall–Kier alpha value is -2.64. The SMILES string of the molecule is COCCCNC(=O)c1cccc(C(=O)Nc2ccc(OC)c(Cl)c2)n1. The van der Waals surface area contributed by atoms with Crippen molar-refractivity contribution in [2.75, 3.05) is 32.7 Å². The lowest BCUT2D eigenvalue weighted by Crippen LogP contribution is -2.27. The number of methoxy groups -OCH3 is 2. The van der Waals surface area contributed by atoms with Gasteiger partial charge in [-0.15, -0.1) is 0 Å². The van der Waals surface area contributed by atoms with Crippen LogP contribution in [0.4, 0.5) is 5.69 Å². The summed E-state index contributed by atoms with van der Waals surface area (Å²) in [5, 5.41) is 5.79. The van der Waals surface area contributed by atoms with Crippen molar-refractivity contribution in [3.63, 3.8) is 0 Å². The molecule has 0 radical (unpaired) electrons. The van der Waals surface area contributed by atoms with Gasteiger partial charge in [-0.1, -0.05) is 17.7 Å². The quantitative estimate of drug-likeness (QED) is 0.690. The normalized spacial score (nSPS) is 10.3. The molecule has 0 unspecified atom stereocenters. The molecule has 1 aromatic carbocycles. The third-order valence-corrected chi connectivity index (χ3v) is 3.73. The Labute approximate surface area is 156 Å². The van der Waals surface area contributed by atoms with Crippen LogP contribution in [-0.4, -0.2) is 44.2 Å². The minimum atomic E-state index is -0.444. The fourth-order valence-electron chi connectivity index (χ4n) is 2.14. The summed E-state index contributed by atoms with van der Waals surface area (Å²) in [5.74, 6) is -0.279. The minimum absolute atomic E-state index is 0.126. The van der Waals surface area contributed by atoms with Gasteiger partial charge >= 0.3 is 0 Å². The third-order valence-electron chi connectivity index (χ3n) is 3.43. The van der Waals surface area contributed by atoms with Gasteiger partial charge in [-0.2, -0.15) is 0 Å². The van der Waals surface area contributed by atoms with Crippen LogP contribution >= 0.6 is 11.6 Å². The number of rotatable bonds is 8. The lowest BCUT2D eigenvalue weighted by atomic mass is 10.2. The monoisotopic (exact) mass is 377 g/mol. The first-order chi connectivity index (χ1) is 12.5. The van der Waals surface area contributed by atoms with Gasteiger partial charge in [0.15, 0.2) is 0 Å². The summed E-state index contributed by atoms with van der Waals surface area (Å²) >= 11 is 6.04. The van der Waals surface area contributed by atoms with Crippen molar-refractivity contribution < 1.29 is 19.1 Å². The number of aromatic nitrogens is 1. The molecule has 0 saturated carbocycles. The lowest BCUT2D eigenvalue weighted by Gasteiger charge is -2.09. The first-order valence-corrected chi connectivity index (χ1v) is 8.32. The molecule has 138 valence electrons. The average Bonchev–Trinajstić information content (AvgIpc) is 2.65. The number of halogens is 1. The Balaban J connectivity index is 2.03. The van der Waals surface area contributed by atoms with E-state index in [0.29, 0.717) is 36.0 Å².